The maximum absolute atomic E-state index is 12.6. The van der Waals surface area contributed by atoms with E-state index in [0.29, 0.717) is 5.82 Å². The minimum Gasteiger partial charge on any atom is -0.450 e. The van der Waals surface area contributed by atoms with Crippen molar-refractivity contribution >= 4 is 11.9 Å². The van der Waals surface area contributed by atoms with Gasteiger partial charge in [-0.05, 0) is 25.0 Å². The van der Waals surface area contributed by atoms with Gasteiger partial charge in [0.15, 0.2) is 12.4 Å². The maximum Gasteiger partial charge on any atom is 0.378 e. The molecule has 7 nitrogen and oxygen atoms in total. The SMILES string of the molecule is O=C(COC(=O)c1nc(-c2ccccc2)n(-c2ccccc2)n1)NC1CCCCCC1. The number of ether oxygens (including phenoxy) is 1. The first-order valence-electron chi connectivity index (χ1n) is 10.7. The second kappa shape index (κ2) is 10.0. The van der Waals surface area contributed by atoms with Gasteiger partial charge in [0.25, 0.3) is 11.7 Å². The number of esters is 1. The van der Waals surface area contributed by atoms with E-state index in [1.807, 2.05) is 60.7 Å². The Morgan fingerprint density at radius 2 is 1.58 bits per heavy atom. The average Bonchev–Trinajstić information content (AvgIpc) is 3.11. The highest BCUT2D eigenvalue weighted by Gasteiger charge is 2.21. The fourth-order valence-corrected chi connectivity index (χ4v) is 3.81. The summed E-state index contributed by atoms with van der Waals surface area (Å²) in [6, 6.07) is 19.1. The van der Waals surface area contributed by atoms with E-state index in [0.717, 1.165) is 36.9 Å². The first-order chi connectivity index (χ1) is 15.2. The molecule has 0 radical (unpaired) electrons. The number of aromatic nitrogens is 3. The van der Waals surface area contributed by atoms with Crippen LogP contribution in [0, 0.1) is 0 Å². The molecule has 0 unspecified atom stereocenters. The molecule has 4 rings (SSSR count). The lowest BCUT2D eigenvalue weighted by Gasteiger charge is -2.15. The Morgan fingerprint density at radius 1 is 0.935 bits per heavy atom. The Balaban J connectivity index is 1.47. The van der Waals surface area contributed by atoms with E-state index in [2.05, 4.69) is 15.4 Å². The molecule has 1 saturated carbocycles. The molecule has 0 saturated heterocycles. The van der Waals surface area contributed by atoms with Gasteiger partial charge < -0.3 is 10.1 Å². The number of amides is 1. The molecule has 0 spiro atoms. The molecule has 1 fully saturated rings. The van der Waals surface area contributed by atoms with Crippen molar-refractivity contribution in [2.75, 3.05) is 6.61 Å². The summed E-state index contributed by atoms with van der Waals surface area (Å²) in [4.78, 5) is 29.2. The minimum absolute atomic E-state index is 0.0787. The Bertz CT molecular complexity index is 953. The van der Waals surface area contributed by atoms with E-state index in [1.54, 1.807) is 4.68 Å². The Hall–Kier alpha value is -3.48. The molecule has 1 aliphatic carbocycles. The first-order valence-corrected chi connectivity index (χ1v) is 10.7. The summed E-state index contributed by atoms with van der Waals surface area (Å²) in [7, 11) is 0. The van der Waals surface area contributed by atoms with Crippen LogP contribution in [0.5, 0.6) is 0 Å². The number of benzene rings is 2. The van der Waals surface area contributed by atoms with Crippen LogP contribution in [-0.2, 0) is 9.53 Å². The lowest BCUT2D eigenvalue weighted by atomic mass is 10.1. The lowest BCUT2D eigenvalue weighted by Crippen LogP contribution is -2.37. The van der Waals surface area contributed by atoms with Crippen molar-refractivity contribution in [2.45, 2.75) is 44.6 Å². The van der Waals surface area contributed by atoms with E-state index in [-0.39, 0.29) is 24.4 Å². The Morgan fingerprint density at radius 3 is 2.26 bits per heavy atom. The molecule has 2 aromatic carbocycles. The van der Waals surface area contributed by atoms with Crippen LogP contribution in [0.3, 0.4) is 0 Å². The molecule has 0 atom stereocenters. The summed E-state index contributed by atoms with van der Waals surface area (Å²) in [5.41, 5.74) is 1.60. The standard InChI is InChI=1S/C24H26N4O3/c29-21(25-19-13-7-1-2-8-14-19)17-31-24(30)22-26-23(18-11-5-3-6-12-18)28(27-22)20-15-9-4-10-16-20/h3-6,9-12,15-16,19H,1-2,7-8,13-14,17H2,(H,25,29). The third-order valence-corrected chi connectivity index (χ3v) is 5.38. The van der Waals surface area contributed by atoms with Gasteiger partial charge in [0.2, 0.25) is 0 Å². The molecule has 1 N–H and O–H groups in total. The van der Waals surface area contributed by atoms with Crippen molar-refractivity contribution in [3.05, 3.63) is 66.5 Å². The van der Waals surface area contributed by atoms with Crippen molar-refractivity contribution < 1.29 is 14.3 Å². The highest BCUT2D eigenvalue weighted by molar-refractivity contribution is 5.88. The molecule has 1 amide bonds. The molecule has 0 aliphatic heterocycles. The van der Waals surface area contributed by atoms with Crippen molar-refractivity contribution in [1.82, 2.24) is 20.1 Å². The van der Waals surface area contributed by atoms with Gasteiger partial charge in [0, 0.05) is 11.6 Å². The monoisotopic (exact) mass is 418 g/mol. The second-order valence-corrected chi connectivity index (χ2v) is 7.70. The van der Waals surface area contributed by atoms with Crippen LogP contribution in [-0.4, -0.2) is 39.3 Å². The molecule has 1 aliphatic rings. The zero-order valence-corrected chi connectivity index (χ0v) is 17.4. The predicted molar refractivity (Wildman–Crippen MR) is 117 cm³/mol. The summed E-state index contributed by atoms with van der Waals surface area (Å²) < 4.78 is 6.82. The zero-order valence-electron chi connectivity index (χ0n) is 17.4. The highest BCUT2D eigenvalue weighted by Crippen LogP contribution is 2.21. The van der Waals surface area contributed by atoms with Gasteiger partial charge in [-0.15, -0.1) is 5.10 Å². The van der Waals surface area contributed by atoms with Crippen molar-refractivity contribution in [1.29, 1.82) is 0 Å². The van der Waals surface area contributed by atoms with Crippen LogP contribution in [0.4, 0.5) is 0 Å². The maximum atomic E-state index is 12.6. The Kier molecular flexibility index (Phi) is 6.72. The van der Waals surface area contributed by atoms with E-state index in [1.165, 1.54) is 12.8 Å². The summed E-state index contributed by atoms with van der Waals surface area (Å²) in [6.45, 7) is -0.337. The lowest BCUT2D eigenvalue weighted by molar-refractivity contribution is -0.125. The van der Waals surface area contributed by atoms with E-state index < -0.39 is 5.97 Å². The molecule has 1 aromatic heterocycles. The van der Waals surface area contributed by atoms with Gasteiger partial charge >= 0.3 is 5.97 Å². The molecule has 160 valence electrons. The molecule has 1 heterocycles. The number of hydrogen-bond acceptors (Lipinski definition) is 5. The molecule has 3 aromatic rings. The topological polar surface area (TPSA) is 86.1 Å². The van der Waals surface area contributed by atoms with Crippen molar-refractivity contribution in [3.8, 4) is 17.1 Å². The third kappa shape index (κ3) is 5.36. The van der Waals surface area contributed by atoms with Gasteiger partial charge in [-0.1, -0.05) is 74.2 Å². The summed E-state index contributed by atoms with van der Waals surface area (Å²) in [5.74, 6) is -0.555. The smallest absolute Gasteiger partial charge is 0.378 e. The summed E-state index contributed by atoms with van der Waals surface area (Å²) >= 11 is 0. The summed E-state index contributed by atoms with van der Waals surface area (Å²) in [6.07, 6.45) is 6.61. The Labute approximate surface area is 181 Å². The van der Waals surface area contributed by atoms with E-state index >= 15 is 0 Å². The normalized spacial score (nSPS) is 14.6. The quantitative estimate of drug-likeness (QED) is 0.484. The number of hydrogen-bond donors (Lipinski definition) is 1. The van der Waals surface area contributed by atoms with Crippen LogP contribution in [0.15, 0.2) is 60.7 Å². The largest absolute Gasteiger partial charge is 0.450 e. The first kappa shape index (κ1) is 20.8. The fourth-order valence-electron chi connectivity index (χ4n) is 3.81. The van der Waals surface area contributed by atoms with Crippen LogP contribution in [0.25, 0.3) is 17.1 Å². The number of rotatable bonds is 6. The molecular formula is C24H26N4O3. The molecular weight excluding hydrogens is 392 g/mol. The van der Waals surface area contributed by atoms with Crippen molar-refractivity contribution in [3.63, 3.8) is 0 Å². The zero-order chi connectivity index (χ0) is 21.5. The van der Waals surface area contributed by atoms with E-state index in [9.17, 15) is 9.59 Å². The van der Waals surface area contributed by atoms with Gasteiger partial charge in [-0.3, -0.25) is 4.79 Å². The van der Waals surface area contributed by atoms with Gasteiger partial charge in [0.05, 0.1) is 5.69 Å². The number of para-hydroxylation sites is 1. The van der Waals surface area contributed by atoms with Crippen LogP contribution < -0.4 is 5.32 Å². The fraction of sp³-hybridized carbons (Fsp3) is 0.333. The van der Waals surface area contributed by atoms with Crippen molar-refractivity contribution in [2.24, 2.45) is 0 Å². The van der Waals surface area contributed by atoms with Crippen LogP contribution >= 0.6 is 0 Å². The molecule has 31 heavy (non-hydrogen) atoms. The van der Waals surface area contributed by atoms with Crippen LogP contribution in [0.2, 0.25) is 0 Å². The summed E-state index contributed by atoms with van der Waals surface area (Å²) in [5, 5.41) is 7.33. The third-order valence-electron chi connectivity index (χ3n) is 5.38. The highest BCUT2D eigenvalue weighted by atomic mass is 16.5. The average molecular weight is 418 g/mol. The van der Waals surface area contributed by atoms with Gasteiger partial charge in [-0.2, -0.15) is 0 Å². The second-order valence-electron chi connectivity index (χ2n) is 7.70. The van der Waals surface area contributed by atoms with Crippen LogP contribution in [0.1, 0.15) is 49.1 Å². The number of nitrogens with one attached hydrogen (secondary N) is 1. The van der Waals surface area contributed by atoms with E-state index in [4.69, 9.17) is 4.74 Å². The minimum atomic E-state index is -0.720. The number of carbonyl (C=O) groups excluding carboxylic acids is 2. The predicted octanol–water partition coefficient (Wildman–Crippen LogP) is 3.93. The molecule has 7 heteroatoms. The number of carbonyl (C=O) groups is 2. The molecule has 0 bridgehead atoms. The van der Waals surface area contributed by atoms with Gasteiger partial charge in [-0.25, -0.2) is 14.5 Å². The van der Waals surface area contributed by atoms with Gasteiger partial charge in [0.1, 0.15) is 0 Å². The number of nitrogens with zero attached hydrogens (tertiary/aromatic N) is 3.